The molecule has 0 radical (unpaired) electrons. The Hall–Kier alpha value is -1.83. The molecule has 2 nitrogen and oxygen atoms in total. The van der Waals surface area contributed by atoms with Crippen LogP contribution in [0.15, 0.2) is 35.9 Å². The molecule has 1 aromatic carbocycles. The Labute approximate surface area is 132 Å². The number of hydrogen-bond acceptors (Lipinski definition) is 2. The van der Waals surface area contributed by atoms with Crippen LogP contribution >= 0.6 is 0 Å². The Kier molecular flexibility index (Phi) is 3.40. The first-order valence-corrected chi connectivity index (χ1v) is 8.62. The van der Waals surface area contributed by atoms with E-state index in [0.717, 1.165) is 23.0 Å². The molecular formula is C20H24N2. The maximum absolute atomic E-state index is 6.56. The predicted octanol–water partition coefficient (Wildman–Crippen LogP) is 4.98. The first-order valence-electron chi connectivity index (χ1n) is 8.62. The first kappa shape index (κ1) is 13.8. The van der Waals surface area contributed by atoms with Gasteiger partial charge >= 0.3 is 0 Å². The van der Waals surface area contributed by atoms with Crippen molar-refractivity contribution in [1.29, 1.82) is 0 Å². The lowest BCUT2D eigenvalue weighted by atomic mass is 9.70. The summed E-state index contributed by atoms with van der Waals surface area (Å²) < 4.78 is 0. The van der Waals surface area contributed by atoms with Gasteiger partial charge in [0.1, 0.15) is 0 Å². The fraction of sp³-hybridized carbons (Fsp3) is 0.450. The molecule has 0 amide bonds. The monoisotopic (exact) mass is 292 g/mol. The third-order valence-corrected chi connectivity index (χ3v) is 5.33. The van der Waals surface area contributed by atoms with Crippen molar-refractivity contribution in [2.45, 2.75) is 51.4 Å². The maximum Gasteiger partial charge on any atom is 0.0726 e. The molecule has 2 aromatic rings. The minimum Gasteiger partial charge on any atom is -0.398 e. The van der Waals surface area contributed by atoms with E-state index >= 15 is 0 Å². The molecule has 4 rings (SSSR count). The van der Waals surface area contributed by atoms with Crippen LogP contribution in [-0.2, 0) is 6.42 Å². The second-order valence-corrected chi connectivity index (χ2v) is 6.93. The zero-order chi connectivity index (χ0) is 15.1. The summed E-state index contributed by atoms with van der Waals surface area (Å²) in [5.74, 6) is 1.26. The van der Waals surface area contributed by atoms with Crippen LogP contribution in [-0.4, -0.2) is 4.98 Å². The number of hydrogen-bond donors (Lipinski definition) is 1. The van der Waals surface area contributed by atoms with Gasteiger partial charge in [-0.3, -0.25) is 4.98 Å². The van der Waals surface area contributed by atoms with Crippen molar-refractivity contribution in [3.05, 3.63) is 47.2 Å². The molecule has 0 fully saturated rings. The number of para-hydroxylation sites is 1. The number of unbranched alkanes of at least 4 members (excludes halogenated alkanes) is 1. The highest BCUT2D eigenvalue weighted by Gasteiger charge is 2.33. The molecule has 2 aliphatic rings. The fourth-order valence-electron chi connectivity index (χ4n) is 4.35. The number of pyridine rings is 1. The second-order valence-electron chi connectivity index (χ2n) is 6.93. The lowest BCUT2D eigenvalue weighted by Crippen LogP contribution is -2.24. The lowest BCUT2D eigenvalue weighted by molar-refractivity contribution is 0.426. The number of fused-ring (bicyclic) bond motifs is 5. The number of aromatic nitrogens is 1. The molecule has 2 aliphatic carbocycles. The topological polar surface area (TPSA) is 38.9 Å². The lowest BCUT2D eigenvalue weighted by Gasteiger charge is -2.36. The number of allylic oxidation sites excluding steroid dienone is 2. The van der Waals surface area contributed by atoms with Gasteiger partial charge in [-0.2, -0.15) is 0 Å². The van der Waals surface area contributed by atoms with Crippen LogP contribution in [0.1, 0.15) is 56.2 Å². The van der Waals surface area contributed by atoms with E-state index in [9.17, 15) is 0 Å². The Bertz CT molecular complexity index is 745. The number of nitrogen functional groups attached to an aromatic ring is 1. The number of rotatable bonds is 3. The molecule has 1 aromatic heterocycles. The Morgan fingerprint density at radius 2 is 2.09 bits per heavy atom. The van der Waals surface area contributed by atoms with Crippen LogP contribution in [0.5, 0.6) is 0 Å². The molecule has 22 heavy (non-hydrogen) atoms. The third kappa shape index (κ3) is 2.22. The van der Waals surface area contributed by atoms with Crippen molar-refractivity contribution in [1.82, 2.24) is 4.98 Å². The van der Waals surface area contributed by atoms with Gasteiger partial charge in [0.05, 0.1) is 5.52 Å². The van der Waals surface area contributed by atoms with Crippen LogP contribution in [0.3, 0.4) is 0 Å². The molecular weight excluding hydrogens is 268 g/mol. The van der Waals surface area contributed by atoms with E-state index in [0.29, 0.717) is 11.8 Å². The minimum atomic E-state index is 0.586. The first-order chi connectivity index (χ1) is 10.8. The van der Waals surface area contributed by atoms with Crippen molar-refractivity contribution < 1.29 is 0 Å². The van der Waals surface area contributed by atoms with E-state index in [4.69, 9.17) is 10.7 Å². The molecule has 0 aliphatic heterocycles. The molecule has 0 saturated heterocycles. The highest BCUT2D eigenvalue weighted by molar-refractivity contribution is 5.92. The van der Waals surface area contributed by atoms with Crippen LogP contribution in [0, 0.1) is 5.92 Å². The average Bonchev–Trinajstić information content (AvgIpc) is 2.52. The molecule has 114 valence electrons. The molecule has 2 unspecified atom stereocenters. The number of benzene rings is 1. The highest BCUT2D eigenvalue weighted by Crippen LogP contribution is 2.47. The van der Waals surface area contributed by atoms with E-state index in [2.05, 4.69) is 31.2 Å². The molecule has 2 atom stereocenters. The van der Waals surface area contributed by atoms with E-state index in [1.807, 2.05) is 6.07 Å². The summed E-state index contributed by atoms with van der Waals surface area (Å²) in [6, 6.07) is 8.30. The molecule has 1 heterocycles. The van der Waals surface area contributed by atoms with Gasteiger partial charge in [0.15, 0.2) is 0 Å². The smallest absolute Gasteiger partial charge is 0.0726 e. The van der Waals surface area contributed by atoms with E-state index in [-0.39, 0.29) is 0 Å². The second kappa shape index (κ2) is 5.42. The SMILES string of the molecule is CCCCC1=CC2Cc3nc4ccccc4c(N)c3C(C1)C2. The summed E-state index contributed by atoms with van der Waals surface area (Å²) in [7, 11) is 0. The summed E-state index contributed by atoms with van der Waals surface area (Å²) in [6.07, 6.45) is 9.90. The van der Waals surface area contributed by atoms with Crippen molar-refractivity contribution in [2.24, 2.45) is 5.92 Å². The highest BCUT2D eigenvalue weighted by atomic mass is 14.7. The van der Waals surface area contributed by atoms with Gasteiger partial charge in [0.2, 0.25) is 0 Å². The van der Waals surface area contributed by atoms with E-state index in [1.54, 1.807) is 5.57 Å². The van der Waals surface area contributed by atoms with Gasteiger partial charge < -0.3 is 5.73 Å². The van der Waals surface area contributed by atoms with Crippen molar-refractivity contribution in [2.75, 3.05) is 5.73 Å². The van der Waals surface area contributed by atoms with Gasteiger partial charge in [0, 0.05) is 22.3 Å². The quantitative estimate of drug-likeness (QED) is 0.810. The van der Waals surface area contributed by atoms with Gasteiger partial charge in [-0.05, 0) is 50.0 Å². The zero-order valence-corrected chi connectivity index (χ0v) is 13.3. The van der Waals surface area contributed by atoms with Crippen LogP contribution in [0.4, 0.5) is 5.69 Å². The summed E-state index contributed by atoms with van der Waals surface area (Å²) in [5.41, 5.74) is 12.9. The normalized spacial score (nSPS) is 23.2. The Morgan fingerprint density at radius 1 is 1.23 bits per heavy atom. The van der Waals surface area contributed by atoms with Gasteiger partial charge in [-0.1, -0.05) is 43.2 Å². The van der Waals surface area contributed by atoms with E-state index in [1.165, 1.54) is 43.4 Å². The largest absolute Gasteiger partial charge is 0.398 e. The summed E-state index contributed by atoms with van der Waals surface area (Å²) in [5, 5.41) is 1.13. The number of nitrogens with two attached hydrogens (primary N) is 1. The van der Waals surface area contributed by atoms with E-state index < -0.39 is 0 Å². The van der Waals surface area contributed by atoms with Gasteiger partial charge in [-0.25, -0.2) is 0 Å². The zero-order valence-electron chi connectivity index (χ0n) is 13.3. The molecule has 0 spiro atoms. The van der Waals surface area contributed by atoms with Crippen LogP contribution < -0.4 is 5.73 Å². The summed E-state index contributed by atoms with van der Waals surface area (Å²) in [6.45, 7) is 2.27. The molecule has 2 bridgehead atoms. The third-order valence-electron chi connectivity index (χ3n) is 5.33. The van der Waals surface area contributed by atoms with Crippen LogP contribution in [0.25, 0.3) is 10.9 Å². The molecule has 2 N–H and O–H groups in total. The molecule has 2 heteroatoms. The maximum atomic E-state index is 6.56. The van der Waals surface area contributed by atoms with Gasteiger partial charge in [0.25, 0.3) is 0 Å². The van der Waals surface area contributed by atoms with Crippen molar-refractivity contribution in [3.63, 3.8) is 0 Å². The number of anilines is 1. The molecule has 0 saturated carbocycles. The average molecular weight is 292 g/mol. The van der Waals surface area contributed by atoms with Crippen molar-refractivity contribution in [3.8, 4) is 0 Å². The predicted molar refractivity (Wildman–Crippen MR) is 92.9 cm³/mol. The summed E-state index contributed by atoms with van der Waals surface area (Å²) >= 11 is 0. The van der Waals surface area contributed by atoms with Crippen LogP contribution in [0.2, 0.25) is 0 Å². The summed E-state index contributed by atoms with van der Waals surface area (Å²) in [4.78, 5) is 4.94. The standard InChI is InChI=1S/C20H24N2/c1-2-3-6-13-9-14-11-15(10-13)19-18(12-14)22-17-8-5-4-7-16(17)20(19)21/h4-5,7-9,14-15H,2-3,6,10-12H2,1H3,(H2,21,22). The Balaban J connectivity index is 1.77. The van der Waals surface area contributed by atoms with Gasteiger partial charge in [-0.15, -0.1) is 0 Å². The Morgan fingerprint density at radius 3 is 2.95 bits per heavy atom. The number of nitrogens with zero attached hydrogens (tertiary/aromatic N) is 1. The fourth-order valence-corrected chi connectivity index (χ4v) is 4.35. The minimum absolute atomic E-state index is 0.586. The van der Waals surface area contributed by atoms with Crippen molar-refractivity contribution >= 4 is 16.6 Å².